The molecular weight excluding hydrogens is 268 g/mol. The average Bonchev–Trinajstić information content (AvgIpc) is 2.36. The Balaban J connectivity index is 2.01. The molecule has 0 radical (unpaired) electrons. The van der Waals surface area contributed by atoms with Crippen molar-refractivity contribution in [1.29, 1.82) is 0 Å². The molecule has 1 aromatic rings. The number of amides is 1. The predicted octanol–water partition coefficient (Wildman–Crippen LogP) is 2.35. The first-order valence-electron chi connectivity index (χ1n) is 7.28. The zero-order valence-corrected chi connectivity index (χ0v) is 12.9. The molecule has 2 rings (SSSR count). The second-order valence-electron chi connectivity index (χ2n) is 6.56. The standard InChI is InChI=1S/C16H24N2O3/c1-16(2,3)21-15(20)18-8-7-13(14(19)10-18)11-5-4-6-12(17)9-11/h4-6,9,13-14,19H,7-8,10,17H2,1-3H3/t13-,14-/m1/s1. The highest BCUT2D eigenvalue weighted by Crippen LogP contribution is 2.30. The minimum absolute atomic E-state index is 0.00665. The summed E-state index contributed by atoms with van der Waals surface area (Å²) in [5, 5.41) is 10.3. The minimum Gasteiger partial charge on any atom is -0.444 e. The zero-order valence-electron chi connectivity index (χ0n) is 12.9. The third kappa shape index (κ3) is 4.11. The number of hydrogen-bond donors (Lipinski definition) is 2. The summed E-state index contributed by atoms with van der Waals surface area (Å²) in [6.45, 7) is 6.36. The first kappa shape index (κ1) is 15.6. The fourth-order valence-corrected chi connectivity index (χ4v) is 2.60. The lowest BCUT2D eigenvalue weighted by molar-refractivity contribution is -0.00151. The third-order valence-corrected chi connectivity index (χ3v) is 3.57. The molecular formula is C16H24N2O3. The highest BCUT2D eigenvalue weighted by molar-refractivity contribution is 5.68. The van der Waals surface area contributed by atoms with Crippen molar-refractivity contribution in [2.24, 2.45) is 0 Å². The van der Waals surface area contributed by atoms with Gasteiger partial charge in [-0.05, 0) is 44.9 Å². The molecule has 1 aliphatic heterocycles. The number of ether oxygens (including phenoxy) is 1. The Labute approximate surface area is 125 Å². The molecule has 2 atom stereocenters. The smallest absolute Gasteiger partial charge is 0.410 e. The SMILES string of the molecule is CC(C)(C)OC(=O)N1CC[C@H](c2cccc(N)c2)[C@H](O)C1. The lowest BCUT2D eigenvalue weighted by Gasteiger charge is -2.37. The van der Waals surface area contributed by atoms with Gasteiger partial charge in [0.25, 0.3) is 0 Å². The second kappa shape index (κ2) is 5.93. The van der Waals surface area contributed by atoms with Gasteiger partial charge in [-0.25, -0.2) is 4.79 Å². The minimum atomic E-state index is -0.604. The number of anilines is 1. The fraction of sp³-hybridized carbons (Fsp3) is 0.562. The Morgan fingerprint density at radius 1 is 1.43 bits per heavy atom. The van der Waals surface area contributed by atoms with Crippen LogP contribution in [0.4, 0.5) is 10.5 Å². The molecule has 1 fully saturated rings. The number of rotatable bonds is 1. The first-order valence-corrected chi connectivity index (χ1v) is 7.28. The van der Waals surface area contributed by atoms with Crippen LogP contribution in [0, 0.1) is 0 Å². The van der Waals surface area contributed by atoms with Gasteiger partial charge in [0.2, 0.25) is 0 Å². The number of aliphatic hydroxyl groups excluding tert-OH is 1. The van der Waals surface area contributed by atoms with Crippen LogP contribution >= 0.6 is 0 Å². The van der Waals surface area contributed by atoms with Crippen molar-refractivity contribution in [2.75, 3.05) is 18.8 Å². The number of carbonyl (C=O) groups is 1. The summed E-state index contributed by atoms with van der Waals surface area (Å²) in [5.41, 5.74) is 6.98. The number of carbonyl (C=O) groups excluding carboxylic acids is 1. The van der Waals surface area contributed by atoms with Crippen molar-refractivity contribution in [1.82, 2.24) is 4.90 Å². The first-order chi connectivity index (χ1) is 9.76. The number of aliphatic hydroxyl groups is 1. The van der Waals surface area contributed by atoms with Gasteiger partial charge in [-0.15, -0.1) is 0 Å². The van der Waals surface area contributed by atoms with Crippen LogP contribution in [0.25, 0.3) is 0 Å². The van der Waals surface area contributed by atoms with Gasteiger partial charge in [-0.1, -0.05) is 12.1 Å². The van der Waals surface area contributed by atoms with Gasteiger partial charge < -0.3 is 20.5 Å². The van der Waals surface area contributed by atoms with E-state index < -0.39 is 11.7 Å². The number of nitrogen functional groups attached to an aromatic ring is 1. The third-order valence-electron chi connectivity index (χ3n) is 3.57. The van der Waals surface area contributed by atoms with Crippen LogP contribution in [0.15, 0.2) is 24.3 Å². The Bertz CT molecular complexity index is 510. The molecule has 5 nitrogen and oxygen atoms in total. The monoisotopic (exact) mass is 292 g/mol. The molecule has 21 heavy (non-hydrogen) atoms. The lowest BCUT2D eigenvalue weighted by Crippen LogP contribution is -2.47. The molecule has 1 saturated heterocycles. The molecule has 1 aromatic carbocycles. The van der Waals surface area contributed by atoms with Gasteiger partial charge in [0.15, 0.2) is 0 Å². The van der Waals surface area contributed by atoms with Crippen LogP contribution in [0.2, 0.25) is 0 Å². The summed E-state index contributed by atoms with van der Waals surface area (Å²) < 4.78 is 5.34. The number of benzene rings is 1. The normalized spacial score (nSPS) is 23.0. The molecule has 0 spiro atoms. The maximum Gasteiger partial charge on any atom is 0.410 e. The summed E-state index contributed by atoms with van der Waals surface area (Å²) in [6, 6.07) is 7.56. The quantitative estimate of drug-likeness (QED) is 0.779. The molecule has 3 N–H and O–H groups in total. The largest absolute Gasteiger partial charge is 0.444 e. The van der Waals surface area contributed by atoms with Crippen LogP contribution in [0.1, 0.15) is 38.7 Å². The molecule has 1 heterocycles. The summed E-state index contributed by atoms with van der Waals surface area (Å²) >= 11 is 0. The Morgan fingerprint density at radius 3 is 2.71 bits per heavy atom. The Morgan fingerprint density at radius 2 is 2.14 bits per heavy atom. The summed E-state index contributed by atoms with van der Waals surface area (Å²) in [7, 11) is 0. The molecule has 5 heteroatoms. The van der Waals surface area contributed by atoms with E-state index in [2.05, 4.69) is 0 Å². The van der Waals surface area contributed by atoms with E-state index in [-0.39, 0.29) is 18.6 Å². The van der Waals surface area contributed by atoms with E-state index in [1.165, 1.54) is 0 Å². The van der Waals surface area contributed by atoms with Crippen LogP contribution in [0.3, 0.4) is 0 Å². The molecule has 116 valence electrons. The summed E-state index contributed by atoms with van der Waals surface area (Å²) in [6.07, 6.45) is -0.273. The second-order valence-corrected chi connectivity index (χ2v) is 6.56. The molecule has 0 aliphatic carbocycles. The van der Waals surface area contributed by atoms with Crippen molar-refractivity contribution in [3.05, 3.63) is 29.8 Å². The van der Waals surface area contributed by atoms with E-state index in [9.17, 15) is 9.90 Å². The molecule has 1 amide bonds. The molecule has 0 aromatic heterocycles. The van der Waals surface area contributed by atoms with E-state index in [1.54, 1.807) is 4.90 Å². The number of nitrogens with two attached hydrogens (primary N) is 1. The zero-order chi connectivity index (χ0) is 15.6. The van der Waals surface area contributed by atoms with Crippen LogP contribution < -0.4 is 5.73 Å². The van der Waals surface area contributed by atoms with Crippen LogP contribution in [0.5, 0.6) is 0 Å². The topological polar surface area (TPSA) is 75.8 Å². The van der Waals surface area contributed by atoms with Crippen molar-refractivity contribution in [3.8, 4) is 0 Å². The molecule has 1 aliphatic rings. The highest BCUT2D eigenvalue weighted by Gasteiger charge is 2.33. The number of likely N-dealkylation sites (tertiary alicyclic amines) is 1. The number of nitrogens with zero attached hydrogens (tertiary/aromatic N) is 1. The van der Waals surface area contributed by atoms with Gasteiger partial charge in [0.05, 0.1) is 12.6 Å². The van der Waals surface area contributed by atoms with Crippen LogP contribution in [-0.2, 0) is 4.74 Å². The van der Waals surface area contributed by atoms with Crippen molar-refractivity contribution in [2.45, 2.75) is 44.8 Å². The molecule has 0 bridgehead atoms. The van der Waals surface area contributed by atoms with E-state index >= 15 is 0 Å². The van der Waals surface area contributed by atoms with Gasteiger partial charge in [-0.3, -0.25) is 0 Å². The summed E-state index contributed by atoms with van der Waals surface area (Å²) in [4.78, 5) is 13.6. The van der Waals surface area contributed by atoms with Gasteiger partial charge in [0.1, 0.15) is 5.60 Å². The maximum atomic E-state index is 12.0. The number of hydrogen-bond acceptors (Lipinski definition) is 4. The Kier molecular flexibility index (Phi) is 4.42. The van der Waals surface area contributed by atoms with E-state index in [4.69, 9.17) is 10.5 Å². The van der Waals surface area contributed by atoms with E-state index in [0.717, 1.165) is 5.56 Å². The van der Waals surface area contributed by atoms with Crippen molar-refractivity contribution in [3.63, 3.8) is 0 Å². The predicted molar refractivity (Wildman–Crippen MR) is 82.0 cm³/mol. The van der Waals surface area contributed by atoms with Gasteiger partial charge >= 0.3 is 6.09 Å². The highest BCUT2D eigenvalue weighted by atomic mass is 16.6. The van der Waals surface area contributed by atoms with Crippen LogP contribution in [-0.4, -0.2) is 40.9 Å². The molecule has 0 saturated carbocycles. The lowest BCUT2D eigenvalue weighted by atomic mass is 9.87. The van der Waals surface area contributed by atoms with Gasteiger partial charge in [-0.2, -0.15) is 0 Å². The summed E-state index contributed by atoms with van der Waals surface area (Å²) in [5.74, 6) is 0.00665. The number of piperidine rings is 1. The van der Waals surface area contributed by atoms with Gasteiger partial charge in [0, 0.05) is 18.2 Å². The fourth-order valence-electron chi connectivity index (χ4n) is 2.60. The maximum absolute atomic E-state index is 12.0. The average molecular weight is 292 g/mol. The van der Waals surface area contributed by atoms with E-state index in [1.807, 2.05) is 45.0 Å². The Hall–Kier alpha value is -1.75. The van der Waals surface area contributed by atoms with E-state index in [0.29, 0.717) is 18.7 Å². The molecule has 0 unspecified atom stereocenters. The van der Waals surface area contributed by atoms with Crippen molar-refractivity contribution >= 4 is 11.8 Å². The van der Waals surface area contributed by atoms with Crippen molar-refractivity contribution < 1.29 is 14.6 Å². The number of β-amino-alcohol motifs (C(OH)–C–C–N with tert-alkyl or cyclic N) is 1.